The molecule has 0 spiro atoms. The molecule has 2 N–H and O–H groups in total. The van der Waals surface area contributed by atoms with Gasteiger partial charge in [-0.2, -0.15) is 0 Å². The minimum Gasteiger partial charge on any atom is -0.493 e. The largest absolute Gasteiger partial charge is 0.493 e. The summed E-state index contributed by atoms with van der Waals surface area (Å²) < 4.78 is 10.4. The maximum atomic E-state index is 12.2. The summed E-state index contributed by atoms with van der Waals surface area (Å²) in [6.45, 7) is 3.33. The first-order valence-corrected chi connectivity index (χ1v) is 8.56. The molecule has 7 heteroatoms. The molecule has 0 fully saturated rings. The fourth-order valence-electron chi connectivity index (χ4n) is 2.24. The van der Waals surface area contributed by atoms with Gasteiger partial charge in [0.25, 0.3) is 11.8 Å². The first kappa shape index (κ1) is 20.0. The number of hydrogen-bond acceptors (Lipinski definition) is 5. The molecule has 7 nitrogen and oxygen atoms in total. The van der Waals surface area contributed by atoms with Crippen molar-refractivity contribution >= 4 is 23.5 Å². The molecule has 0 saturated heterocycles. The minimum absolute atomic E-state index is 0.321. The monoisotopic (exact) mass is 370 g/mol. The Morgan fingerprint density at radius 1 is 1.00 bits per heavy atom. The number of carbonyl (C=O) groups is 3. The third-order valence-electron chi connectivity index (χ3n) is 3.54. The van der Waals surface area contributed by atoms with Crippen molar-refractivity contribution < 1.29 is 23.9 Å². The van der Waals surface area contributed by atoms with Gasteiger partial charge in [-0.3, -0.25) is 14.4 Å². The standard InChI is InChI=1S/C20H22N2O5/c1-3-26-17-12-8-7-11-16(17)20(25)21-13-18(23)27-14(2)19(24)22-15-9-5-4-6-10-15/h4-12,14H,3,13H2,1-2H3,(H,21,25)(H,22,24)/t14-/m1/s1. The van der Waals surface area contributed by atoms with E-state index in [-0.39, 0.29) is 6.54 Å². The lowest BCUT2D eigenvalue weighted by atomic mass is 10.2. The number of rotatable bonds is 8. The van der Waals surface area contributed by atoms with E-state index < -0.39 is 23.9 Å². The van der Waals surface area contributed by atoms with E-state index in [1.165, 1.54) is 6.92 Å². The van der Waals surface area contributed by atoms with Crippen LogP contribution in [-0.2, 0) is 14.3 Å². The summed E-state index contributed by atoms with van der Waals surface area (Å²) in [7, 11) is 0. The zero-order chi connectivity index (χ0) is 19.6. The molecule has 0 radical (unpaired) electrons. The predicted molar refractivity (Wildman–Crippen MR) is 101 cm³/mol. The topological polar surface area (TPSA) is 93.7 Å². The number of anilines is 1. The van der Waals surface area contributed by atoms with Crippen LogP contribution in [0.4, 0.5) is 5.69 Å². The molecular weight excluding hydrogens is 348 g/mol. The van der Waals surface area contributed by atoms with Crippen LogP contribution in [-0.4, -0.2) is 37.0 Å². The Labute approximate surface area is 157 Å². The highest BCUT2D eigenvalue weighted by Gasteiger charge is 2.19. The fourth-order valence-corrected chi connectivity index (χ4v) is 2.24. The van der Waals surface area contributed by atoms with Crippen LogP contribution in [0, 0.1) is 0 Å². The van der Waals surface area contributed by atoms with Gasteiger partial charge in [0.1, 0.15) is 12.3 Å². The molecule has 2 rings (SSSR count). The Bertz CT molecular complexity index is 792. The van der Waals surface area contributed by atoms with Gasteiger partial charge in [-0.25, -0.2) is 0 Å². The molecule has 0 unspecified atom stereocenters. The molecule has 2 amide bonds. The molecule has 0 aliphatic heterocycles. The van der Waals surface area contributed by atoms with E-state index in [4.69, 9.17) is 9.47 Å². The zero-order valence-electron chi connectivity index (χ0n) is 15.2. The Balaban J connectivity index is 1.83. The quantitative estimate of drug-likeness (QED) is 0.696. The summed E-state index contributed by atoms with van der Waals surface area (Å²) in [5.41, 5.74) is 0.924. The molecule has 142 valence electrons. The molecule has 0 saturated carbocycles. The van der Waals surface area contributed by atoms with E-state index in [0.29, 0.717) is 23.6 Å². The van der Waals surface area contributed by atoms with Crippen LogP contribution in [0.2, 0.25) is 0 Å². The van der Waals surface area contributed by atoms with Gasteiger partial charge < -0.3 is 20.1 Å². The summed E-state index contributed by atoms with van der Waals surface area (Å²) in [4.78, 5) is 36.2. The van der Waals surface area contributed by atoms with E-state index in [1.54, 1.807) is 48.5 Å². The highest BCUT2D eigenvalue weighted by Crippen LogP contribution is 2.17. The maximum absolute atomic E-state index is 12.2. The first-order valence-electron chi connectivity index (χ1n) is 8.56. The lowest BCUT2D eigenvalue weighted by Crippen LogP contribution is -2.36. The Kier molecular flexibility index (Phi) is 7.37. The highest BCUT2D eigenvalue weighted by molar-refractivity contribution is 5.99. The van der Waals surface area contributed by atoms with Gasteiger partial charge in [0, 0.05) is 5.69 Å². The molecule has 0 aliphatic carbocycles. The number of para-hydroxylation sites is 2. The second-order valence-electron chi connectivity index (χ2n) is 5.60. The van der Waals surface area contributed by atoms with Gasteiger partial charge in [0.15, 0.2) is 6.10 Å². The highest BCUT2D eigenvalue weighted by atomic mass is 16.5. The van der Waals surface area contributed by atoms with E-state index in [0.717, 1.165) is 0 Å². The van der Waals surface area contributed by atoms with Crippen molar-refractivity contribution in [2.45, 2.75) is 20.0 Å². The Morgan fingerprint density at radius 3 is 2.37 bits per heavy atom. The number of amides is 2. The first-order chi connectivity index (χ1) is 13.0. The molecular formula is C20H22N2O5. The van der Waals surface area contributed by atoms with E-state index in [9.17, 15) is 14.4 Å². The second-order valence-corrected chi connectivity index (χ2v) is 5.60. The Hall–Kier alpha value is -3.35. The van der Waals surface area contributed by atoms with Crippen LogP contribution >= 0.6 is 0 Å². The third-order valence-corrected chi connectivity index (χ3v) is 3.54. The average molecular weight is 370 g/mol. The van der Waals surface area contributed by atoms with Gasteiger partial charge in [0.2, 0.25) is 0 Å². The smallest absolute Gasteiger partial charge is 0.326 e. The minimum atomic E-state index is -0.995. The number of carbonyl (C=O) groups excluding carboxylic acids is 3. The van der Waals surface area contributed by atoms with E-state index in [2.05, 4.69) is 10.6 Å². The van der Waals surface area contributed by atoms with Crippen LogP contribution in [0.25, 0.3) is 0 Å². The van der Waals surface area contributed by atoms with Gasteiger partial charge in [0.05, 0.1) is 12.2 Å². The summed E-state index contributed by atoms with van der Waals surface area (Å²) in [6, 6.07) is 15.6. The molecule has 2 aromatic rings. The van der Waals surface area contributed by atoms with Crippen molar-refractivity contribution in [1.82, 2.24) is 5.32 Å². The van der Waals surface area contributed by atoms with Crippen LogP contribution in [0.1, 0.15) is 24.2 Å². The van der Waals surface area contributed by atoms with Crippen LogP contribution < -0.4 is 15.4 Å². The SMILES string of the molecule is CCOc1ccccc1C(=O)NCC(=O)O[C@H](C)C(=O)Nc1ccccc1. The van der Waals surface area contributed by atoms with E-state index in [1.807, 2.05) is 13.0 Å². The summed E-state index contributed by atoms with van der Waals surface area (Å²) in [5.74, 6) is -1.20. The third kappa shape index (κ3) is 6.14. The molecule has 0 aliphatic rings. The molecule has 1 atom stereocenters. The number of hydrogen-bond donors (Lipinski definition) is 2. The Morgan fingerprint density at radius 2 is 1.67 bits per heavy atom. The second kappa shape index (κ2) is 9.96. The van der Waals surface area contributed by atoms with Crippen LogP contribution in [0.5, 0.6) is 5.75 Å². The molecule has 2 aromatic carbocycles. The van der Waals surface area contributed by atoms with Crippen LogP contribution in [0.15, 0.2) is 54.6 Å². The molecule has 0 bridgehead atoms. The van der Waals surface area contributed by atoms with Gasteiger partial charge in [-0.15, -0.1) is 0 Å². The predicted octanol–water partition coefficient (Wildman–Crippen LogP) is 2.39. The van der Waals surface area contributed by atoms with Crippen molar-refractivity contribution in [3.05, 3.63) is 60.2 Å². The summed E-state index contributed by atoms with van der Waals surface area (Å²) in [6.07, 6.45) is -0.995. The lowest BCUT2D eigenvalue weighted by Gasteiger charge is -2.14. The fraction of sp³-hybridized carbons (Fsp3) is 0.250. The van der Waals surface area contributed by atoms with Crippen molar-refractivity contribution in [3.63, 3.8) is 0 Å². The number of ether oxygens (including phenoxy) is 2. The van der Waals surface area contributed by atoms with Gasteiger partial charge in [-0.1, -0.05) is 30.3 Å². The van der Waals surface area contributed by atoms with Crippen LogP contribution in [0.3, 0.4) is 0 Å². The summed E-state index contributed by atoms with van der Waals surface area (Å²) >= 11 is 0. The molecule has 0 aromatic heterocycles. The normalized spacial score (nSPS) is 11.2. The van der Waals surface area contributed by atoms with E-state index >= 15 is 0 Å². The maximum Gasteiger partial charge on any atom is 0.326 e. The lowest BCUT2D eigenvalue weighted by molar-refractivity contribution is -0.152. The van der Waals surface area contributed by atoms with Crippen molar-refractivity contribution in [2.24, 2.45) is 0 Å². The van der Waals surface area contributed by atoms with Gasteiger partial charge >= 0.3 is 5.97 Å². The average Bonchev–Trinajstić information content (AvgIpc) is 2.67. The summed E-state index contributed by atoms with van der Waals surface area (Å²) in [5, 5.41) is 5.11. The van der Waals surface area contributed by atoms with Crippen molar-refractivity contribution in [2.75, 3.05) is 18.5 Å². The number of esters is 1. The molecule has 0 heterocycles. The molecule has 27 heavy (non-hydrogen) atoms. The number of benzene rings is 2. The van der Waals surface area contributed by atoms with Gasteiger partial charge in [-0.05, 0) is 38.1 Å². The van der Waals surface area contributed by atoms with Crippen molar-refractivity contribution in [3.8, 4) is 5.75 Å². The zero-order valence-corrected chi connectivity index (χ0v) is 15.2. The number of nitrogens with one attached hydrogen (secondary N) is 2. The van der Waals surface area contributed by atoms with Crippen molar-refractivity contribution in [1.29, 1.82) is 0 Å².